The van der Waals surface area contributed by atoms with Crippen LogP contribution in [0.5, 0.6) is 0 Å². The van der Waals surface area contributed by atoms with Crippen molar-refractivity contribution in [1.82, 2.24) is 15.1 Å². The predicted octanol–water partition coefficient (Wildman–Crippen LogP) is 5.13. The molecule has 4 nitrogen and oxygen atoms in total. The first-order valence-corrected chi connectivity index (χ1v) is 10.9. The van der Waals surface area contributed by atoms with Gasteiger partial charge in [-0.2, -0.15) is 5.10 Å². The lowest BCUT2D eigenvalue weighted by atomic mass is 9.89. The summed E-state index contributed by atoms with van der Waals surface area (Å²) in [7, 11) is 0. The second-order valence-corrected chi connectivity index (χ2v) is 8.21. The number of carbonyl (C=O) groups excluding carboxylic acids is 1. The third-order valence-corrected chi connectivity index (χ3v) is 6.30. The standard InChI is InChI=1S/C23H25N3OS/c1-16-6-3-4-8-20(16)21-14-24-25-22(21)18-7-5-13-26(15-18)23(27)17-9-11-19(28-2)12-10-17/h3-4,6,8-12,14,18H,5,7,13,15H2,1-2H3,(H,24,25)/t18-/m0/s1. The Bertz CT molecular complexity index is 964. The van der Waals surface area contributed by atoms with E-state index in [0.717, 1.165) is 42.8 Å². The topological polar surface area (TPSA) is 49.0 Å². The lowest BCUT2D eigenvalue weighted by molar-refractivity contribution is 0.0706. The molecule has 0 unspecified atom stereocenters. The Balaban J connectivity index is 1.56. The number of benzene rings is 2. The summed E-state index contributed by atoms with van der Waals surface area (Å²) >= 11 is 1.69. The lowest BCUT2D eigenvalue weighted by Crippen LogP contribution is -2.39. The number of hydrogen-bond donors (Lipinski definition) is 1. The highest BCUT2D eigenvalue weighted by Crippen LogP contribution is 2.34. The van der Waals surface area contributed by atoms with Gasteiger partial charge in [-0.3, -0.25) is 9.89 Å². The van der Waals surface area contributed by atoms with Crippen LogP contribution in [0.2, 0.25) is 0 Å². The summed E-state index contributed by atoms with van der Waals surface area (Å²) in [6, 6.07) is 16.3. The zero-order valence-electron chi connectivity index (χ0n) is 16.3. The van der Waals surface area contributed by atoms with Gasteiger partial charge >= 0.3 is 0 Å². The van der Waals surface area contributed by atoms with Crippen LogP contribution in [0.1, 0.15) is 40.4 Å². The first kappa shape index (κ1) is 18.8. The summed E-state index contributed by atoms with van der Waals surface area (Å²) in [6.07, 6.45) is 6.03. The van der Waals surface area contributed by atoms with Gasteiger partial charge in [-0.25, -0.2) is 0 Å². The van der Waals surface area contributed by atoms with Gasteiger partial charge in [0.15, 0.2) is 0 Å². The average molecular weight is 392 g/mol. The van der Waals surface area contributed by atoms with Gasteiger partial charge in [0.05, 0.1) is 6.20 Å². The third kappa shape index (κ3) is 3.72. The molecular weight excluding hydrogens is 366 g/mol. The maximum absolute atomic E-state index is 13.0. The number of aryl methyl sites for hydroxylation is 1. The summed E-state index contributed by atoms with van der Waals surface area (Å²) in [5.74, 6) is 0.398. The highest BCUT2D eigenvalue weighted by atomic mass is 32.2. The monoisotopic (exact) mass is 391 g/mol. The molecule has 1 aromatic heterocycles. The fraction of sp³-hybridized carbons (Fsp3) is 0.304. The zero-order chi connectivity index (χ0) is 19.5. The molecular formula is C23H25N3OS. The molecule has 1 aliphatic heterocycles. The molecule has 28 heavy (non-hydrogen) atoms. The van der Waals surface area contributed by atoms with E-state index in [2.05, 4.69) is 41.4 Å². The fourth-order valence-corrected chi connectivity index (χ4v) is 4.42. The van der Waals surface area contributed by atoms with Crippen molar-refractivity contribution in [3.05, 3.63) is 71.5 Å². The second kappa shape index (κ2) is 8.23. The Morgan fingerprint density at radius 2 is 1.93 bits per heavy atom. The van der Waals surface area contributed by atoms with Crippen LogP contribution >= 0.6 is 11.8 Å². The van der Waals surface area contributed by atoms with Crippen molar-refractivity contribution in [1.29, 1.82) is 0 Å². The van der Waals surface area contributed by atoms with E-state index in [9.17, 15) is 4.79 Å². The van der Waals surface area contributed by atoms with Gasteiger partial charge in [-0.1, -0.05) is 24.3 Å². The van der Waals surface area contributed by atoms with Crippen LogP contribution in [0.3, 0.4) is 0 Å². The molecule has 144 valence electrons. The number of piperidine rings is 1. The maximum atomic E-state index is 13.0. The van der Waals surface area contributed by atoms with Crippen LogP contribution in [0, 0.1) is 6.92 Å². The maximum Gasteiger partial charge on any atom is 0.253 e. The molecule has 1 fully saturated rings. The largest absolute Gasteiger partial charge is 0.338 e. The fourth-order valence-electron chi connectivity index (χ4n) is 4.01. The van der Waals surface area contributed by atoms with E-state index < -0.39 is 0 Å². The smallest absolute Gasteiger partial charge is 0.253 e. The van der Waals surface area contributed by atoms with Gasteiger partial charge in [-0.05, 0) is 61.4 Å². The summed E-state index contributed by atoms with van der Waals surface area (Å²) < 4.78 is 0. The number of aromatic amines is 1. The van der Waals surface area contributed by atoms with Gasteiger partial charge in [0, 0.05) is 40.7 Å². The molecule has 5 heteroatoms. The number of thioether (sulfide) groups is 1. The number of rotatable bonds is 4. The summed E-state index contributed by atoms with van der Waals surface area (Å²) in [6.45, 7) is 3.67. The van der Waals surface area contributed by atoms with E-state index >= 15 is 0 Å². The van der Waals surface area contributed by atoms with Crippen LogP contribution in [-0.2, 0) is 0 Å². The van der Waals surface area contributed by atoms with Gasteiger partial charge in [0.2, 0.25) is 0 Å². The second-order valence-electron chi connectivity index (χ2n) is 7.33. The first-order chi connectivity index (χ1) is 13.7. The summed E-state index contributed by atoms with van der Waals surface area (Å²) in [5, 5.41) is 7.56. The van der Waals surface area contributed by atoms with Gasteiger partial charge in [0.25, 0.3) is 5.91 Å². The van der Waals surface area contributed by atoms with E-state index in [-0.39, 0.29) is 11.8 Å². The van der Waals surface area contributed by atoms with Crippen LogP contribution in [0.4, 0.5) is 0 Å². The number of H-pyrrole nitrogens is 1. The van der Waals surface area contributed by atoms with E-state index in [1.54, 1.807) is 11.8 Å². The van der Waals surface area contributed by atoms with Crippen LogP contribution < -0.4 is 0 Å². The molecule has 0 radical (unpaired) electrons. The molecule has 3 aromatic rings. The number of amides is 1. The minimum absolute atomic E-state index is 0.120. The summed E-state index contributed by atoms with van der Waals surface area (Å²) in [5.41, 5.74) is 5.51. The van der Waals surface area contributed by atoms with Crippen molar-refractivity contribution in [2.45, 2.75) is 30.6 Å². The van der Waals surface area contributed by atoms with Gasteiger partial charge in [-0.15, -0.1) is 11.8 Å². The number of nitrogens with one attached hydrogen (secondary N) is 1. The van der Waals surface area contributed by atoms with E-state index in [0.29, 0.717) is 0 Å². The van der Waals surface area contributed by atoms with E-state index in [1.165, 1.54) is 16.0 Å². The lowest BCUT2D eigenvalue weighted by Gasteiger charge is -2.33. The third-order valence-electron chi connectivity index (χ3n) is 5.56. The molecule has 0 aliphatic carbocycles. The number of carbonyl (C=O) groups is 1. The molecule has 1 N–H and O–H groups in total. The number of likely N-dealkylation sites (tertiary alicyclic amines) is 1. The van der Waals surface area contributed by atoms with Gasteiger partial charge < -0.3 is 4.90 Å². The molecule has 0 bridgehead atoms. The molecule has 0 saturated carbocycles. The number of nitrogens with zero attached hydrogens (tertiary/aromatic N) is 2. The molecule has 1 aliphatic rings. The number of hydrogen-bond acceptors (Lipinski definition) is 3. The molecule has 1 amide bonds. The van der Waals surface area contributed by atoms with Crippen LogP contribution in [-0.4, -0.2) is 40.3 Å². The van der Waals surface area contributed by atoms with Crippen LogP contribution in [0.25, 0.3) is 11.1 Å². The zero-order valence-corrected chi connectivity index (χ0v) is 17.1. The van der Waals surface area contributed by atoms with Crippen molar-refractivity contribution in [3.63, 3.8) is 0 Å². The van der Waals surface area contributed by atoms with Gasteiger partial charge in [0.1, 0.15) is 0 Å². The SMILES string of the molecule is CSc1ccc(C(=O)N2CCC[C@H](c3[nH]ncc3-c3ccccc3C)C2)cc1. The normalized spacial score (nSPS) is 16.9. The Hall–Kier alpha value is -2.53. The molecule has 0 spiro atoms. The molecule has 2 aromatic carbocycles. The highest BCUT2D eigenvalue weighted by molar-refractivity contribution is 7.98. The minimum atomic E-state index is 0.120. The Morgan fingerprint density at radius 1 is 1.14 bits per heavy atom. The van der Waals surface area contributed by atoms with Crippen molar-refractivity contribution >= 4 is 17.7 Å². The predicted molar refractivity (Wildman–Crippen MR) is 115 cm³/mol. The highest BCUT2D eigenvalue weighted by Gasteiger charge is 2.28. The molecule has 1 atom stereocenters. The summed E-state index contributed by atoms with van der Waals surface area (Å²) in [4.78, 5) is 16.2. The first-order valence-electron chi connectivity index (χ1n) is 9.70. The Labute approximate surface area is 170 Å². The average Bonchev–Trinajstić information content (AvgIpc) is 3.23. The van der Waals surface area contributed by atoms with E-state index in [4.69, 9.17) is 0 Å². The van der Waals surface area contributed by atoms with Crippen molar-refractivity contribution in [2.24, 2.45) is 0 Å². The molecule has 4 rings (SSSR count). The van der Waals surface area contributed by atoms with Crippen molar-refractivity contribution in [2.75, 3.05) is 19.3 Å². The molecule has 1 saturated heterocycles. The van der Waals surface area contributed by atoms with Crippen molar-refractivity contribution < 1.29 is 4.79 Å². The molecule has 2 heterocycles. The quantitative estimate of drug-likeness (QED) is 0.628. The Kier molecular flexibility index (Phi) is 5.53. The van der Waals surface area contributed by atoms with Crippen molar-refractivity contribution in [3.8, 4) is 11.1 Å². The minimum Gasteiger partial charge on any atom is -0.338 e. The number of aromatic nitrogens is 2. The van der Waals surface area contributed by atoms with Crippen LogP contribution in [0.15, 0.2) is 59.6 Å². The Morgan fingerprint density at radius 3 is 2.68 bits per heavy atom. The van der Waals surface area contributed by atoms with E-state index in [1.807, 2.05) is 41.6 Å².